The minimum Gasteiger partial charge on any atom is -0.459 e. The summed E-state index contributed by atoms with van der Waals surface area (Å²) in [5.74, 6) is -0.596. The van der Waals surface area contributed by atoms with Gasteiger partial charge in [0.1, 0.15) is 0 Å². The molecule has 1 amide bonds. The lowest BCUT2D eigenvalue weighted by molar-refractivity contribution is -0.705. The van der Waals surface area contributed by atoms with Crippen LogP contribution in [0.1, 0.15) is 48.3 Å². The zero-order valence-electron chi connectivity index (χ0n) is 18.7. The first kappa shape index (κ1) is 23.6. The maximum atomic E-state index is 12.7. The second-order valence-corrected chi connectivity index (χ2v) is 7.95. The number of carbonyl (C=O) groups is 2. The highest BCUT2D eigenvalue weighted by molar-refractivity contribution is 5.94. The number of esters is 1. The van der Waals surface area contributed by atoms with Gasteiger partial charge in [0.05, 0.1) is 16.6 Å². The lowest BCUT2D eigenvalue weighted by Crippen LogP contribution is -2.44. The molecule has 1 N–H and O–H groups in total. The fourth-order valence-corrected chi connectivity index (χ4v) is 3.17. The third-order valence-corrected chi connectivity index (χ3v) is 5.03. The van der Waals surface area contributed by atoms with Crippen LogP contribution in [-0.2, 0) is 16.0 Å². The lowest BCUT2D eigenvalue weighted by atomic mass is 10.1. The molecule has 8 heteroatoms. The molecule has 8 nitrogen and oxygen atoms in total. The summed E-state index contributed by atoms with van der Waals surface area (Å²) in [5, 5.41) is 13.6. The Labute approximate surface area is 192 Å². The minimum absolute atomic E-state index is 0.0645. The average molecular weight is 448 g/mol. The molecule has 0 bridgehead atoms. The first-order chi connectivity index (χ1) is 15.7. The number of aromatic nitrogens is 1. The summed E-state index contributed by atoms with van der Waals surface area (Å²) in [5.41, 5.74) is 3.06. The van der Waals surface area contributed by atoms with Crippen LogP contribution in [0.4, 0.5) is 11.4 Å². The van der Waals surface area contributed by atoms with E-state index in [0.29, 0.717) is 17.7 Å². The standard InChI is InChI=1S/C25H25N3O5/c1-17(2)33-25(30)21-6-8-22(9-7-21)26-24(29)18(3)27-14-12-20(13-15-27)16-19-4-10-23(11-5-19)28(31)32/h4-15,17-18H,16H2,1-3H3/p+1. The second-order valence-electron chi connectivity index (χ2n) is 7.95. The normalized spacial score (nSPS) is 11.6. The number of hydrogen-bond acceptors (Lipinski definition) is 5. The van der Waals surface area contributed by atoms with Gasteiger partial charge < -0.3 is 10.1 Å². The molecule has 33 heavy (non-hydrogen) atoms. The number of nitrogens with zero attached hydrogens (tertiary/aromatic N) is 2. The van der Waals surface area contributed by atoms with Crippen molar-refractivity contribution in [2.75, 3.05) is 5.32 Å². The van der Waals surface area contributed by atoms with Gasteiger partial charge >= 0.3 is 5.97 Å². The van der Waals surface area contributed by atoms with Crippen molar-refractivity contribution in [1.82, 2.24) is 0 Å². The van der Waals surface area contributed by atoms with Crippen LogP contribution in [-0.4, -0.2) is 22.9 Å². The van der Waals surface area contributed by atoms with Gasteiger partial charge in [-0.2, -0.15) is 4.57 Å². The Morgan fingerprint density at radius 1 is 0.939 bits per heavy atom. The number of rotatable bonds is 8. The van der Waals surface area contributed by atoms with Crippen LogP contribution in [0.15, 0.2) is 73.1 Å². The summed E-state index contributed by atoms with van der Waals surface area (Å²) >= 11 is 0. The van der Waals surface area contributed by atoms with Crippen molar-refractivity contribution in [1.29, 1.82) is 0 Å². The number of hydrogen-bond donors (Lipinski definition) is 1. The predicted octanol–water partition coefficient (Wildman–Crippen LogP) is 4.24. The zero-order chi connectivity index (χ0) is 24.0. The summed E-state index contributed by atoms with van der Waals surface area (Å²) in [6.07, 6.45) is 4.09. The van der Waals surface area contributed by atoms with Gasteiger partial charge in [0, 0.05) is 36.9 Å². The molecule has 0 radical (unpaired) electrons. The van der Waals surface area contributed by atoms with E-state index >= 15 is 0 Å². The van der Waals surface area contributed by atoms with Crippen molar-refractivity contribution < 1.29 is 23.8 Å². The van der Waals surface area contributed by atoms with E-state index in [1.54, 1.807) is 61.7 Å². The highest BCUT2D eigenvalue weighted by atomic mass is 16.6. The van der Waals surface area contributed by atoms with E-state index in [-0.39, 0.29) is 17.7 Å². The molecule has 0 spiro atoms. The number of non-ortho nitro benzene ring substituents is 1. The average Bonchev–Trinajstić information content (AvgIpc) is 2.79. The number of nitro benzene ring substituents is 1. The van der Waals surface area contributed by atoms with E-state index in [2.05, 4.69) is 5.32 Å². The van der Waals surface area contributed by atoms with Crippen molar-refractivity contribution in [2.45, 2.75) is 39.3 Å². The Morgan fingerprint density at radius 3 is 2.06 bits per heavy atom. The third kappa shape index (κ3) is 6.46. The molecule has 0 saturated carbocycles. The summed E-state index contributed by atoms with van der Waals surface area (Å²) in [6.45, 7) is 5.36. The summed E-state index contributed by atoms with van der Waals surface area (Å²) in [4.78, 5) is 34.9. The van der Waals surface area contributed by atoms with Gasteiger partial charge in [0.2, 0.25) is 6.04 Å². The molecule has 3 rings (SSSR count). The maximum Gasteiger partial charge on any atom is 0.338 e. The molecular formula is C25H26N3O5+. The first-order valence-corrected chi connectivity index (χ1v) is 10.6. The molecule has 3 aromatic rings. The topological polar surface area (TPSA) is 102 Å². The van der Waals surface area contributed by atoms with Crippen LogP contribution in [0, 0.1) is 10.1 Å². The van der Waals surface area contributed by atoms with Crippen molar-refractivity contribution in [2.24, 2.45) is 0 Å². The van der Waals surface area contributed by atoms with Crippen LogP contribution in [0.3, 0.4) is 0 Å². The van der Waals surface area contributed by atoms with E-state index in [1.165, 1.54) is 12.1 Å². The van der Waals surface area contributed by atoms with Gasteiger partial charge in [-0.3, -0.25) is 14.9 Å². The molecule has 1 unspecified atom stereocenters. The number of pyridine rings is 1. The number of benzene rings is 2. The molecule has 170 valence electrons. The van der Waals surface area contributed by atoms with Crippen LogP contribution < -0.4 is 9.88 Å². The maximum absolute atomic E-state index is 12.7. The van der Waals surface area contributed by atoms with Gasteiger partial charge in [-0.05, 0) is 55.7 Å². The van der Waals surface area contributed by atoms with Gasteiger partial charge in [-0.1, -0.05) is 12.1 Å². The Bertz CT molecular complexity index is 1120. The van der Waals surface area contributed by atoms with Crippen LogP contribution in [0.2, 0.25) is 0 Å². The molecule has 0 aliphatic rings. The van der Waals surface area contributed by atoms with Crippen LogP contribution >= 0.6 is 0 Å². The highest BCUT2D eigenvalue weighted by Gasteiger charge is 2.22. The van der Waals surface area contributed by atoms with E-state index in [0.717, 1.165) is 11.1 Å². The minimum atomic E-state index is -0.455. The van der Waals surface area contributed by atoms with Gasteiger partial charge in [0.15, 0.2) is 12.4 Å². The number of anilines is 1. The largest absolute Gasteiger partial charge is 0.459 e. The van der Waals surface area contributed by atoms with Crippen LogP contribution in [0.5, 0.6) is 0 Å². The van der Waals surface area contributed by atoms with Crippen molar-refractivity contribution in [3.8, 4) is 0 Å². The van der Waals surface area contributed by atoms with Crippen molar-refractivity contribution >= 4 is 23.3 Å². The molecule has 1 heterocycles. The SMILES string of the molecule is CC(C)OC(=O)c1ccc(NC(=O)C(C)[n+]2ccc(Cc3ccc([N+](=O)[O-])cc3)cc2)cc1. The molecule has 1 aromatic heterocycles. The summed E-state index contributed by atoms with van der Waals surface area (Å²) < 4.78 is 6.95. The summed E-state index contributed by atoms with van der Waals surface area (Å²) in [7, 11) is 0. The number of nitro groups is 1. The molecule has 0 fully saturated rings. The summed E-state index contributed by atoms with van der Waals surface area (Å²) in [6, 6.07) is 16.4. The van der Waals surface area contributed by atoms with Gasteiger partial charge in [-0.25, -0.2) is 4.79 Å². The first-order valence-electron chi connectivity index (χ1n) is 10.6. The van der Waals surface area contributed by atoms with E-state index in [9.17, 15) is 19.7 Å². The van der Waals surface area contributed by atoms with E-state index in [1.807, 2.05) is 24.5 Å². The van der Waals surface area contributed by atoms with Crippen molar-refractivity contribution in [3.05, 3.63) is 99.9 Å². The number of ether oxygens (including phenoxy) is 1. The molecule has 2 aromatic carbocycles. The third-order valence-electron chi connectivity index (χ3n) is 5.03. The Balaban J connectivity index is 1.59. The lowest BCUT2D eigenvalue weighted by Gasteiger charge is -2.11. The quantitative estimate of drug-likeness (QED) is 0.240. The second kappa shape index (κ2) is 10.5. The van der Waals surface area contributed by atoms with Crippen LogP contribution in [0.25, 0.3) is 0 Å². The Hall–Kier alpha value is -4.07. The number of nitrogens with one attached hydrogen (secondary N) is 1. The number of amides is 1. The zero-order valence-corrected chi connectivity index (χ0v) is 18.7. The predicted molar refractivity (Wildman–Crippen MR) is 123 cm³/mol. The number of carbonyl (C=O) groups excluding carboxylic acids is 2. The fraction of sp³-hybridized carbons (Fsp3) is 0.240. The Morgan fingerprint density at radius 2 is 1.52 bits per heavy atom. The van der Waals surface area contributed by atoms with E-state index < -0.39 is 16.9 Å². The molecule has 0 aliphatic heterocycles. The Kier molecular flexibility index (Phi) is 7.50. The van der Waals surface area contributed by atoms with Crippen molar-refractivity contribution in [3.63, 3.8) is 0 Å². The monoisotopic (exact) mass is 448 g/mol. The molecule has 1 atom stereocenters. The molecule has 0 aliphatic carbocycles. The molecular weight excluding hydrogens is 422 g/mol. The smallest absolute Gasteiger partial charge is 0.338 e. The highest BCUT2D eigenvalue weighted by Crippen LogP contribution is 2.15. The molecule has 0 saturated heterocycles. The fourth-order valence-electron chi connectivity index (χ4n) is 3.17. The van der Waals surface area contributed by atoms with E-state index in [4.69, 9.17) is 4.74 Å². The van der Waals surface area contributed by atoms with Gasteiger partial charge in [0.25, 0.3) is 11.6 Å². The van der Waals surface area contributed by atoms with Gasteiger partial charge in [-0.15, -0.1) is 0 Å².